The van der Waals surface area contributed by atoms with Gasteiger partial charge in [-0.1, -0.05) is 12.1 Å². The third-order valence-electron chi connectivity index (χ3n) is 2.99. The van der Waals surface area contributed by atoms with E-state index in [4.69, 9.17) is 4.42 Å². The van der Waals surface area contributed by atoms with Gasteiger partial charge < -0.3 is 4.42 Å². The third kappa shape index (κ3) is 2.08. The van der Waals surface area contributed by atoms with Crippen LogP contribution in [0.3, 0.4) is 0 Å². The Hall–Kier alpha value is -2.63. The van der Waals surface area contributed by atoms with Crippen LogP contribution in [0.2, 0.25) is 0 Å². The van der Waals surface area contributed by atoms with Gasteiger partial charge in [-0.3, -0.25) is 4.79 Å². The molecule has 2 aromatic carbocycles. The number of hydrogen-bond acceptors (Lipinski definition) is 2. The Bertz CT molecular complexity index is 889. The maximum absolute atomic E-state index is 13.7. The molecule has 0 aliphatic carbocycles. The maximum atomic E-state index is 13.7. The van der Waals surface area contributed by atoms with Crippen LogP contribution in [0.15, 0.2) is 45.6 Å². The van der Waals surface area contributed by atoms with E-state index in [-0.39, 0.29) is 17.0 Å². The summed E-state index contributed by atoms with van der Waals surface area (Å²) in [6.45, 7) is 0. The summed E-state index contributed by atoms with van der Waals surface area (Å²) >= 11 is 0. The van der Waals surface area contributed by atoms with E-state index in [0.717, 1.165) is 6.07 Å². The van der Waals surface area contributed by atoms with E-state index in [1.807, 2.05) is 0 Å². The molecule has 21 heavy (non-hydrogen) atoms. The average Bonchev–Trinajstić information content (AvgIpc) is 2.46. The van der Waals surface area contributed by atoms with Gasteiger partial charge in [0.1, 0.15) is 11.3 Å². The van der Waals surface area contributed by atoms with Crippen LogP contribution in [0.4, 0.5) is 17.6 Å². The molecule has 0 aliphatic rings. The first kappa shape index (κ1) is 13.4. The van der Waals surface area contributed by atoms with Crippen molar-refractivity contribution >= 4 is 11.0 Å². The van der Waals surface area contributed by atoms with Crippen molar-refractivity contribution in [2.24, 2.45) is 0 Å². The number of rotatable bonds is 1. The molecule has 0 saturated carbocycles. The van der Waals surface area contributed by atoms with Crippen LogP contribution in [-0.4, -0.2) is 0 Å². The zero-order valence-corrected chi connectivity index (χ0v) is 10.3. The molecule has 1 heterocycles. The maximum Gasteiger partial charge on any atom is 0.193 e. The minimum atomic E-state index is -1.62. The molecule has 0 N–H and O–H groups in total. The summed E-state index contributed by atoms with van der Waals surface area (Å²) < 4.78 is 59.1. The molecule has 0 atom stereocenters. The van der Waals surface area contributed by atoms with Gasteiger partial charge >= 0.3 is 0 Å². The largest absolute Gasteiger partial charge is 0.456 e. The third-order valence-corrected chi connectivity index (χ3v) is 2.99. The fraction of sp³-hybridized carbons (Fsp3) is 0. The van der Waals surface area contributed by atoms with Crippen LogP contribution in [0.1, 0.15) is 0 Å². The van der Waals surface area contributed by atoms with E-state index in [1.165, 1.54) is 12.1 Å². The first-order chi connectivity index (χ1) is 9.99. The number of benzene rings is 2. The SMILES string of the molecule is O=c1cc(-c2c(F)c(F)cc(F)c2F)oc2ccccc12. The van der Waals surface area contributed by atoms with Crippen LogP contribution in [0.5, 0.6) is 0 Å². The Balaban J connectivity index is 2.39. The Labute approximate surface area is 115 Å². The van der Waals surface area contributed by atoms with Crippen molar-refractivity contribution in [1.29, 1.82) is 0 Å². The Morgan fingerprint density at radius 1 is 0.857 bits per heavy atom. The van der Waals surface area contributed by atoms with Gasteiger partial charge in [0.15, 0.2) is 28.7 Å². The lowest BCUT2D eigenvalue weighted by Gasteiger charge is -2.07. The molecular formula is C15H6F4O2. The predicted molar refractivity (Wildman–Crippen MR) is 67.8 cm³/mol. The van der Waals surface area contributed by atoms with Gasteiger partial charge in [-0.15, -0.1) is 0 Å². The van der Waals surface area contributed by atoms with Crippen LogP contribution in [0, 0.1) is 23.3 Å². The summed E-state index contributed by atoms with van der Waals surface area (Å²) in [5.74, 6) is -6.95. The van der Waals surface area contributed by atoms with E-state index in [2.05, 4.69) is 0 Å². The lowest BCUT2D eigenvalue weighted by atomic mass is 10.1. The molecule has 6 heteroatoms. The highest BCUT2D eigenvalue weighted by Gasteiger charge is 2.23. The second kappa shape index (κ2) is 4.73. The van der Waals surface area contributed by atoms with E-state index in [1.54, 1.807) is 12.1 Å². The minimum Gasteiger partial charge on any atom is -0.456 e. The van der Waals surface area contributed by atoms with Gasteiger partial charge in [0.25, 0.3) is 0 Å². The molecule has 0 spiro atoms. The smallest absolute Gasteiger partial charge is 0.193 e. The summed E-state index contributed by atoms with van der Waals surface area (Å²) in [6, 6.07) is 6.89. The van der Waals surface area contributed by atoms with Gasteiger partial charge in [-0.05, 0) is 12.1 Å². The van der Waals surface area contributed by atoms with Crippen molar-refractivity contribution in [1.82, 2.24) is 0 Å². The zero-order valence-electron chi connectivity index (χ0n) is 10.3. The minimum absolute atomic E-state index is 0.0588. The number of fused-ring (bicyclic) bond motifs is 1. The van der Waals surface area contributed by atoms with Crippen molar-refractivity contribution in [3.05, 3.63) is 69.9 Å². The van der Waals surface area contributed by atoms with Gasteiger partial charge in [0, 0.05) is 12.1 Å². The molecule has 3 aromatic rings. The highest BCUT2D eigenvalue weighted by atomic mass is 19.2. The number of hydrogen-bond donors (Lipinski definition) is 0. The van der Waals surface area contributed by atoms with Crippen LogP contribution < -0.4 is 5.43 Å². The highest BCUT2D eigenvalue weighted by Crippen LogP contribution is 2.30. The molecule has 3 rings (SSSR count). The topological polar surface area (TPSA) is 30.2 Å². The zero-order chi connectivity index (χ0) is 15.1. The fourth-order valence-electron chi connectivity index (χ4n) is 2.02. The van der Waals surface area contributed by atoms with Gasteiger partial charge in [-0.2, -0.15) is 0 Å². The lowest BCUT2D eigenvalue weighted by molar-refractivity contribution is 0.452. The van der Waals surface area contributed by atoms with Crippen molar-refractivity contribution in [3.63, 3.8) is 0 Å². The monoisotopic (exact) mass is 294 g/mol. The van der Waals surface area contributed by atoms with E-state index >= 15 is 0 Å². The first-order valence-corrected chi connectivity index (χ1v) is 5.85. The highest BCUT2D eigenvalue weighted by molar-refractivity contribution is 5.78. The molecule has 0 unspecified atom stereocenters. The summed E-state index contributed by atoms with van der Waals surface area (Å²) in [6.07, 6.45) is 0. The van der Waals surface area contributed by atoms with Gasteiger partial charge in [0.05, 0.1) is 10.9 Å². The van der Waals surface area contributed by atoms with Crippen molar-refractivity contribution in [2.75, 3.05) is 0 Å². The van der Waals surface area contributed by atoms with Crippen LogP contribution >= 0.6 is 0 Å². The van der Waals surface area contributed by atoms with E-state index in [9.17, 15) is 22.4 Å². The Kier molecular flexibility index (Phi) is 3.01. The predicted octanol–water partition coefficient (Wildman–Crippen LogP) is 4.02. The number of para-hydroxylation sites is 1. The quantitative estimate of drug-likeness (QED) is 0.501. The normalized spacial score (nSPS) is 11.0. The standard InChI is InChI=1S/C15H6F4O2/c16-8-5-9(17)15(19)13(14(8)18)12-6-10(20)7-3-1-2-4-11(7)21-12/h1-6H. The molecule has 1 aromatic heterocycles. The molecule has 0 saturated heterocycles. The Morgan fingerprint density at radius 3 is 2.14 bits per heavy atom. The van der Waals surface area contributed by atoms with Crippen molar-refractivity contribution < 1.29 is 22.0 Å². The molecule has 0 fully saturated rings. The second-order valence-electron chi connectivity index (χ2n) is 4.31. The van der Waals surface area contributed by atoms with Crippen molar-refractivity contribution in [3.8, 4) is 11.3 Å². The fourth-order valence-corrected chi connectivity index (χ4v) is 2.02. The first-order valence-electron chi connectivity index (χ1n) is 5.85. The molecule has 106 valence electrons. The molecule has 0 amide bonds. The second-order valence-corrected chi connectivity index (χ2v) is 4.31. The molecule has 0 bridgehead atoms. The summed E-state index contributed by atoms with van der Waals surface area (Å²) in [7, 11) is 0. The summed E-state index contributed by atoms with van der Waals surface area (Å²) in [5.41, 5.74) is -1.56. The van der Waals surface area contributed by atoms with Crippen LogP contribution in [0.25, 0.3) is 22.3 Å². The molecule has 2 nitrogen and oxygen atoms in total. The summed E-state index contributed by atoms with van der Waals surface area (Å²) in [4.78, 5) is 11.9. The molecular weight excluding hydrogens is 288 g/mol. The van der Waals surface area contributed by atoms with Gasteiger partial charge in [-0.25, -0.2) is 17.6 Å². The summed E-state index contributed by atoms with van der Waals surface area (Å²) in [5, 5.41) is 0.193. The van der Waals surface area contributed by atoms with E-state index in [0.29, 0.717) is 0 Å². The Morgan fingerprint density at radius 2 is 1.48 bits per heavy atom. The van der Waals surface area contributed by atoms with Crippen molar-refractivity contribution in [2.45, 2.75) is 0 Å². The average molecular weight is 294 g/mol. The van der Waals surface area contributed by atoms with E-state index < -0.39 is 40.0 Å². The number of halogens is 4. The lowest BCUT2D eigenvalue weighted by Crippen LogP contribution is -2.04. The van der Waals surface area contributed by atoms with Crippen LogP contribution in [-0.2, 0) is 0 Å². The molecule has 0 aliphatic heterocycles. The molecule has 0 radical (unpaired) electrons. The van der Waals surface area contributed by atoms with Gasteiger partial charge in [0.2, 0.25) is 0 Å².